The molecule has 9 heterocycles. The molecular weight excluding hydrogens is 1620 g/mol. The molecule has 3 saturated heterocycles. The summed E-state index contributed by atoms with van der Waals surface area (Å²) in [6.45, 7) is 31.9. The zero-order valence-corrected chi connectivity index (χ0v) is 77.1. The molecule has 0 spiro atoms. The quantitative estimate of drug-likeness (QED) is 0.104. The van der Waals surface area contributed by atoms with Crippen LogP contribution in [0.15, 0.2) is 218 Å². The van der Waals surface area contributed by atoms with Gasteiger partial charge in [-0.2, -0.15) is 0 Å². The number of amides is 3. The molecule has 0 bridgehead atoms. The van der Waals surface area contributed by atoms with Crippen molar-refractivity contribution in [3.05, 3.63) is 263 Å². The van der Waals surface area contributed by atoms with Gasteiger partial charge in [0.05, 0.1) is 66.2 Å². The fourth-order valence-electron chi connectivity index (χ4n) is 24.3. The van der Waals surface area contributed by atoms with Crippen molar-refractivity contribution in [1.29, 1.82) is 0 Å². The number of carbonyl (C=O) groups excluding carboxylic acids is 3. The summed E-state index contributed by atoms with van der Waals surface area (Å²) in [5, 5.41) is 6.51. The third kappa shape index (κ3) is 15.6. The van der Waals surface area contributed by atoms with E-state index in [1.807, 2.05) is 75.4 Å². The van der Waals surface area contributed by atoms with E-state index < -0.39 is 0 Å². The van der Waals surface area contributed by atoms with Gasteiger partial charge in [0.15, 0.2) is 0 Å². The topological polar surface area (TPSA) is 176 Å². The highest BCUT2D eigenvalue weighted by Crippen LogP contribution is 2.61. The van der Waals surface area contributed by atoms with E-state index in [4.69, 9.17) is 44.1 Å². The highest BCUT2D eigenvalue weighted by Gasteiger charge is 2.52. The van der Waals surface area contributed by atoms with E-state index in [9.17, 15) is 14.4 Å². The van der Waals surface area contributed by atoms with Gasteiger partial charge in [0.1, 0.15) is 34.1 Å². The van der Waals surface area contributed by atoms with Gasteiger partial charge in [-0.15, -0.1) is 0 Å². The Morgan fingerprint density at radius 1 is 0.305 bits per heavy atom. The number of aromatic nitrogens is 6. The molecule has 0 unspecified atom stereocenters. The minimum Gasteiger partial charge on any atom is -0.487 e. The summed E-state index contributed by atoms with van der Waals surface area (Å²) in [7, 11) is 0. The number of piperazine rings is 3. The van der Waals surface area contributed by atoms with E-state index >= 15 is 0 Å². The molecule has 0 N–H and O–H groups in total. The van der Waals surface area contributed by atoms with E-state index in [2.05, 4.69) is 235 Å². The van der Waals surface area contributed by atoms with Crippen molar-refractivity contribution in [2.45, 2.75) is 168 Å². The van der Waals surface area contributed by atoms with Gasteiger partial charge in [0.2, 0.25) is 0 Å². The van der Waals surface area contributed by atoms with Crippen LogP contribution in [0, 0.1) is 35.5 Å². The van der Waals surface area contributed by atoms with Crippen LogP contribution in [-0.2, 0) is 13.1 Å². The third-order valence-corrected chi connectivity index (χ3v) is 31.2. The first-order chi connectivity index (χ1) is 63.6. The lowest BCUT2D eigenvalue weighted by molar-refractivity contribution is -0.0118. The number of anilines is 1. The fraction of sp³-hybridized carbons (Fsp3) is 0.389. The third-order valence-electron chi connectivity index (χ3n) is 31.2. The van der Waals surface area contributed by atoms with E-state index in [1.54, 1.807) is 0 Å². The van der Waals surface area contributed by atoms with Crippen molar-refractivity contribution >= 4 is 122 Å². The zero-order valence-electron chi connectivity index (χ0n) is 77.1. The number of hydrogen-bond acceptors (Lipinski definition) is 15. The molecule has 3 aliphatic carbocycles. The highest BCUT2D eigenvalue weighted by atomic mass is 16.5. The molecule has 18 nitrogen and oxygen atoms in total. The number of nitrogens with zero attached hydrogens (tertiary/aromatic N) is 12. The van der Waals surface area contributed by atoms with Crippen molar-refractivity contribution in [3.63, 3.8) is 0 Å². The SMILES string of the molecule is C[C@H]1CC[C@H]2[C@H](C1)c1c(c3ccccc3c3nc4cc(C(=O)N5CCN(Cc6ccccc6)CC5)ccc4nc13)OC2(C)C.C[C@H]1CC[C@H]2[C@H](C1)c1c(c3ccccc3c3nc4cc(C(=O)N5CCN(c6ccccc6)CC5)ccc4nc13)OC2(C)C.C[C@H]1CC[C@H]2[C@H](C1)c1c(c3ccccc3c3nc4ccc(C(=O)N5CCN(Cc6ccccc6)CC5)cc4nc13)OC2(C)C. The first kappa shape index (κ1) is 84.3. The van der Waals surface area contributed by atoms with Gasteiger partial charge < -0.3 is 33.8 Å². The lowest BCUT2D eigenvalue weighted by atomic mass is 9.64. The lowest BCUT2D eigenvalue weighted by Gasteiger charge is -2.49. The van der Waals surface area contributed by atoms with Crippen LogP contribution in [-0.4, -0.2) is 167 Å². The van der Waals surface area contributed by atoms with Crippen LogP contribution in [0.4, 0.5) is 5.69 Å². The molecule has 666 valence electrons. The lowest BCUT2D eigenvalue weighted by Crippen LogP contribution is -2.48. The van der Waals surface area contributed by atoms with Crippen LogP contribution in [0.5, 0.6) is 17.2 Å². The van der Waals surface area contributed by atoms with Gasteiger partial charge in [-0.05, 0) is 193 Å². The summed E-state index contributed by atoms with van der Waals surface area (Å²) < 4.78 is 20.7. The minimum absolute atomic E-state index is 0.0569. The van der Waals surface area contributed by atoms with Gasteiger partial charge in [0.25, 0.3) is 17.7 Å². The molecule has 9 atom stereocenters. The smallest absolute Gasteiger partial charge is 0.254 e. The number of rotatable bonds is 8. The van der Waals surface area contributed by atoms with E-state index in [0.29, 0.717) is 83.0 Å². The maximum atomic E-state index is 13.7. The highest BCUT2D eigenvalue weighted by molar-refractivity contribution is 6.15. The monoisotopic (exact) mass is 1740 g/mol. The van der Waals surface area contributed by atoms with Crippen molar-refractivity contribution < 1.29 is 28.6 Å². The van der Waals surface area contributed by atoms with Crippen LogP contribution in [0.1, 0.15) is 197 Å². The molecule has 18 heteroatoms. The average molecular weight is 1740 g/mol. The Hall–Kier alpha value is -12.3. The summed E-state index contributed by atoms with van der Waals surface area (Å²) in [5.41, 5.74) is 19.2. The Labute approximate surface area is 767 Å². The average Bonchev–Trinajstić information content (AvgIpc) is 0.716. The summed E-state index contributed by atoms with van der Waals surface area (Å²) in [5.74, 6) is 7.60. The Morgan fingerprint density at radius 3 is 0.908 bits per heavy atom. The maximum Gasteiger partial charge on any atom is 0.254 e. The molecule has 3 amide bonds. The van der Waals surface area contributed by atoms with E-state index in [0.717, 1.165) is 220 Å². The number of hydrogen-bond donors (Lipinski definition) is 0. The molecule has 12 aromatic carbocycles. The zero-order chi connectivity index (χ0) is 89.3. The molecule has 131 heavy (non-hydrogen) atoms. The number of ether oxygens (including phenoxy) is 3. The van der Waals surface area contributed by atoms with Crippen molar-refractivity contribution in [1.82, 2.24) is 54.4 Å². The number of carbonyl (C=O) groups is 3. The number of fused-ring (bicyclic) bond motifs is 27. The maximum absolute atomic E-state index is 13.7. The van der Waals surface area contributed by atoms with Gasteiger partial charge >= 0.3 is 0 Å². The normalized spacial score (nSPS) is 23.3. The molecule has 3 aromatic heterocycles. The summed E-state index contributed by atoms with van der Waals surface area (Å²) in [4.78, 5) is 85.8. The van der Waals surface area contributed by atoms with Gasteiger partial charge in [-0.1, -0.05) is 192 Å². The standard InChI is InChI=1S/2C38H40N4O2.C37H38N4O2/c1-24-13-15-30-29(21-24)33-35-34(27-11-7-8-12-28(27)36(33)44-38(30,2)3)40-32-22-26(14-16-31(32)39-35)37(43)42-19-17-41(18-20-42)23-25-9-5-4-6-10-25;1-24-13-15-30-29(21-24)33-35-34(27-11-7-8-12-28(27)36(33)44-38(30,2)3)39-31-16-14-26(22-32(31)40-35)37(43)42-19-17-41(18-20-42)23-25-9-5-4-6-10-25;1-23-13-15-29-28(21-23)32-34-33(26-11-7-8-12-27(26)35(32)43-37(29,2)3)39-31-22-24(14-16-30(31)38-34)36(42)41-19-17-40(18-20-41)25-9-5-4-6-10-25/h2*4-12,14,16,22,24,29-30H,13,15,17-21,23H2,1-3H3;4-12,14,16,22-23,28-29H,13,15,17-21H2,1-3H3/t2*24-,29-,30-;23-,28-,29-/m000/s1. The second-order valence-electron chi connectivity index (χ2n) is 41.0. The van der Waals surface area contributed by atoms with Gasteiger partial charge in [0, 0.05) is 181 Å². The number of benzene rings is 12. The van der Waals surface area contributed by atoms with Crippen molar-refractivity contribution in [3.8, 4) is 17.2 Å². The predicted molar refractivity (Wildman–Crippen MR) is 525 cm³/mol. The second kappa shape index (κ2) is 33.8. The molecule has 6 aliphatic heterocycles. The predicted octanol–water partition coefficient (Wildman–Crippen LogP) is 22.8. The minimum atomic E-state index is -0.247. The summed E-state index contributed by atoms with van der Waals surface area (Å²) >= 11 is 0. The molecular formula is C113H118N12O6. The molecule has 24 rings (SSSR count). The molecule has 3 saturated carbocycles. The fourth-order valence-corrected chi connectivity index (χ4v) is 24.3. The van der Waals surface area contributed by atoms with E-state index in [-0.39, 0.29) is 34.5 Å². The Kier molecular flexibility index (Phi) is 21.8. The second-order valence-corrected chi connectivity index (χ2v) is 41.0. The van der Waals surface area contributed by atoms with Crippen LogP contribution >= 0.6 is 0 Å². The largest absolute Gasteiger partial charge is 0.487 e. The van der Waals surface area contributed by atoms with Crippen molar-refractivity contribution in [2.75, 3.05) is 83.4 Å². The van der Waals surface area contributed by atoms with Gasteiger partial charge in [-0.3, -0.25) is 24.2 Å². The molecule has 6 fully saturated rings. The molecule has 0 radical (unpaired) electrons. The van der Waals surface area contributed by atoms with Crippen molar-refractivity contribution in [2.24, 2.45) is 35.5 Å². The van der Waals surface area contributed by atoms with E-state index in [1.165, 1.54) is 65.6 Å². The van der Waals surface area contributed by atoms with Crippen LogP contribution < -0.4 is 19.1 Å². The summed E-state index contributed by atoms with van der Waals surface area (Å²) in [6, 6.07) is 74.4. The Morgan fingerprint density at radius 2 is 0.580 bits per heavy atom. The summed E-state index contributed by atoms with van der Waals surface area (Å²) in [6.07, 6.45) is 10.6. The van der Waals surface area contributed by atoms with Crippen LogP contribution in [0.2, 0.25) is 0 Å². The number of para-hydroxylation sites is 1. The Bertz CT molecular complexity index is 6990. The van der Waals surface area contributed by atoms with Crippen LogP contribution in [0.25, 0.3) is 98.5 Å². The first-order valence-electron chi connectivity index (χ1n) is 48.3. The van der Waals surface area contributed by atoms with Crippen LogP contribution in [0.3, 0.4) is 0 Å². The first-order valence-corrected chi connectivity index (χ1v) is 48.3. The molecule has 9 aliphatic rings. The van der Waals surface area contributed by atoms with Gasteiger partial charge in [-0.25, -0.2) is 29.9 Å². The Balaban J connectivity index is 0.000000115. The molecule has 15 aromatic rings.